The van der Waals surface area contributed by atoms with Gasteiger partial charge >= 0.3 is 5.97 Å². The maximum Gasteiger partial charge on any atom is 0.306 e. The largest absolute Gasteiger partial charge is 0.462 e. The van der Waals surface area contributed by atoms with E-state index in [0.29, 0.717) is 6.42 Å². The summed E-state index contributed by atoms with van der Waals surface area (Å²) in [5.41, 5.74) is 0. The van der Waals surface area contributed by atoms with Crippen LogP contribution in [0, 0.1) is 11.8 Å². The highest BCUT2D eigenvalue weighted by atomic mass is 28.4. The number of benzene rings is 2. The van der Waals surface area contributed by atoms with Crippen molar-refractivity contribution in [3.63, 3.8) is 0 Å². The van der Waals surface area contributed by atoms with Gasteiger partial charge in [-0.3, -0.25) is 4.79 Å². The zero-order chi connectivity index (χ0) is 29.3. The molecule has 1 N–H and O–H groups in total. The van der Waals surface area contributed by atoms with Gasteiger partial charge in [0, 0.05) is 18.8 Å². The molecular formula is C36H48O4Si. The van der Waals surface area contributed by atoms with Crippen molar-refractivity contribution < 1.29 is 19.1 Å². The second-order valence-electron chi connectivity index (χ2n) is 12.5. The number of hydrogen-bond donors (Lipinski definition) is 1. The number of allylic oxidation sites excluding steroid dienone is 2. The first-order valence-electron chi connectivity index (χ1n) is 15.4. The Morgan fingerprint density at radius 2 is 1.66 bits per heavy atom. The van der Waals surface area contributed by atoms with Crippen molar-refractivity contribution in [3.8, 4) is 0 Å². The average Bonchev–Trinajstić information content (AvgIpc) is 3.75. The molecule has 2 aliphatic rings. The second-order valence-corrected chi connectivity index (χ2v) is 16.8. The SMILES string of the molecule is CCC=CC[C@H](C=C[C@@H](O)[C@@H]1C[C@H]1[C@@H]1CC=CCCCC(=O)O1)O[Si](c1ccccc1)(c1ccccc1)C(C)(C)C. The van der Waals surface area contributed by atoms with Gasteiger partial charge in [0.2, 0.25) is 0 Å². The Bertz CT molecular complexity index is 1140. The van der Waals surface area contributed by atoms with Crippen LogP contribution < -0.4 is 10.4 Å². The lowest BCUT2D eigenvalue weighted by atomic mass is 10.1. The Morgan fingerprint density at radius 3 is 2.27 bits per heavy atom. The van der Waals surface area contributed by atoms with E-state index in [1.807, 2.05) is 6.08 Å². The van der Waals surface area contributed by atoms with Crippen molar-refractivity contribution in [1.29, 1.82) is 0 Å². The lowest BCUT2D eigenvalue weighted by molar-refractivity contribution is -0.150. The quantitative estimate of drug-likeness (QED) is 0.181. The Labute approximate surface area is 248 Å². The maximum absolute atomic E-state index is 12.3. The van der Waals surface area contributed by atoms with Gasteiger partial charge in [-0.05, 0) is 53.4 Å². The molecule has 1 aliphatic carbocycles. The van der Waals surface area contributed by atoms with Crippen molar-refractivity contribution >= 4 is 24.7 Å². The first-order chi connectivity index (χ1) is 19.8. The first-order valence-corrected chi connectivity index (χ1v) is 17.3. The molecular weight excluding hydrogens is 524 g/mol. The van der Waals surface area contributed by atoms with Gasteiger partial charge in [-0.1, -0.05) is 125 Å². The van der Waals surface area contributed by atoms with Crippen LogP contribution in [0.15, 0.2) is 97.1 Å². The van der Waals surface area contributed by atoms with Crippen molar-refractivity contribution in [3.05, 3.63) is 97.1 Å². The van der Waals surface area contributed by atoms with E-state index in [1.165, 1.54) is 10.4 Å². The average molecular weight is 573 g/mol. The molecule has 4 nitrogen and oxygen atoms in total. The number of carbonyl (C=O) groups is 1. The van der Waals surface area contributed by atoms with Gasteiger partial charge in [0.05, 0.1) is 12.2 Å². The number of cyclic esters (lactones) is 1. The Balaban J connectivity index is 1.59. The summed E-state index contributed by atoms with van der Waals surface area (Å²) in [6.07, 6.45) is 17.2. The van der Waals surface area contributed by atoms with E-state index in [-0.39, 0.29) is 35.1 Å². The van der Waals surface area contributed by atoms with Crippen molar-refractivity contribution in [1.82, 2.24) is 0 Å². The molecule has 0 aromatic heterocycles. The number of aliphatic hydroxyl groups excluding tert-OH is 1. The molecule has 0 unspecified atom stereocenters. The molecule has 41 heavy (non-hydrogen) atoms. The molecule has 1 saturated carbocycles. The number of hydrogen-bond acceptors (Lipinski definition) is 4. The maximum atomic E-state index is 12.3. The number of ether oxygens (including phenoxy) is 1. The van der Waals surface area contributed by atoms with Gasteiger partial charge in [0.25, 0.3) is 8.32 Å². The highest BCUT2D eigenvalue weighted by molar-refractivity contribution is 6.99. The van der Waals surface area contributed by atoms with Gasteiger partial charge in [-0.15, -0.1) is 0 Å². The van der Waals surface area contributed by atoms with Gasteiger partial charge in [-0.25, -0.2) is 0 Å². The monoisotopic (exact) mass is 572 g/mol. The minimum Gasteiger partial charge on any atom is -0.462 e. The molecule has 0 amide bonds. The summed E-state index contributed by atoms with van der Waals surface area (Å²) in [6, 6.07) is 21.4. The zero-order valence-corrected chi connectivity index (χ0v) is 26.2. The summed E-state index contributed by atoms with van der Waals surface area (Å²) >= 11 is 0. The number of carbonyl (C=O) groups excluding carboxylic acids is 1. The molecule has 0 radical (unpaired) electrons. The van der Waals surface area contributed by atoms with Gasteiger partial charge in [0.1, 0.15) is 6.10 Å². The smallest absolute Gasteiger partial charge is 0.306 e. The fourth-order valence-electron chi connectivity index (χ4n) is 6.17. The number of esters is 1. The molecule has 5 heteroatoms. The summed E-state index contributed by atoms with van der Waals surface area (Å²) in [5.74, 6) is 0.172. The molecule has 1 fully saturated rings. The third kappa shape index (κ3) is 7.97. The van der Waals surface area contributed by atoms with E-state index in [9.17, 15) is 9.90 Å². The molecule has 2 aromatic rings. The molecule has 0 saturated heterocycles. The van der Waals surface area contributed by atoms with Crippen LogP contribution in [0.5, 0.6) is 0 Å². The normalized spacial score (nSPS) is 23.5. The molecule has 1 heterocycles. The van der Waals surface area contributed by atoms with E-state index >= 15 is 0 Å². The van der Waals surface area contributed by atoms with Crippen LogP contribution in [0.1, 0.15) is 72.6 Å². The minimum absolute atomic E-state index is 0.0953. The zero-order valence-electron chi connectivity index (χ0n) is 25.2. The van der Waals surface area contributed by atoms with E-state index in [0.717, 1.165) is 38.5 Å². The van der Waals surface area contributed by atoms with Crippen molar-refractivity contribution in [2.24, 2.45) is 11.8 Å². The van der Waals surface area contributed by atoms with E-state index in [2.05, 4.69) is 119 Å². The molecule has 1 aliphatic heterocycles. The Hall–Kier alpha value is -2.73. The van der Waals surface area contributed by atoms with Crippen molar-refractivity contribution in [2.75, 3.05) is 0 Å². The Kier molecular flexibility index (Phi) is 11.0. The Morgan fingerprint density at radius 1 is 1.00 bits per heavy atom. The first kappa shape index (κ1) is 31.2. The van der Waals surface area contributed by atoms with Gasteiger partial charge in [-0.2, -0.15) is 0 Å². The van der Waals surface area contributed by atoms with Crippen LogP contribution >= 0.6 is 0 Å². The third-order valence-corrected chi connectivity index (χ3v) is 13.5. The predicted molar refractivity (Wildman–Crippen MR) is 171 cm³/mol. The standard InChI is InChI=1S/C36H48O4Si/c1-5-6-11-18-28(25-26-33(37)31-27-32(31)34-23-16-7-8-17-24-35(38)39-34)40-41(36(2,3)4,29-19-12-9-13-20-29)30-21-14-10-15-22-30/h6-7,9-16,19-22,25-26,28,31-34,37H,5,8,17-18,23-24,27H2,1-4H3/t28-,31-,32-,33-,34+/m1/s1. The van der Waals surface area contributed by atoms with Crippen LogP contribution in [-0.2, 0) is 14.0 Å². The van der Waals surface area contributed by atoms with Crippen LogP contribution in [0.2, 0.25) is 5.04 Å². The summed E-state index contributed by atoms with van der Waals surface area (Å²) in [6.45, 7) is 9.01. The fraction of sp³-hybridized carbons (Fsp3) is 0.472. The fourth-order valence-corrected chi connectivity index (χ4v) is 10.8. The summed E-state index contributed by atoms with van der Waals surface area (Å²) < 4.78 is 13.2. The number of aliphatic hydroxyl groups is 1. The van der Waals surface area contributed by atoms with E-state index in [4.69, 9.17) is 9.16 Å². The third-order valence-electron chi connectivity index (χ3n) is 8.42. The lowest BCUT2D eigenvalue weighted by Crippen LogP contribution is -2.67. The molecule has 2 aromatic carbocycles. The lowest BCUT2D eigenvalue weighted by Gasteiger charge is -2.44. The highest BCUT2D eigenvalue weighted by Gasteiger charge is 2.51. The van der Waals surface area contributed by atoms with E-state index < -0.39 is 14.4 Å². The van der Waals surface area contributed by atoms with Crippen LogP contribution in [0.3, 0.4) is 0 Å². The topological polar surface area (TPSA) is 55.8 Å². The molecule has 5 atom stereocenters. The molecule has 0 bridgehead atoms. The van der Waals surface area contributed by atoms with Crippen LogP contribution in [-0.4, -0.2) is 37.7 Å². The molecule has 220 valence electrons. The van der Waals surface area contributed by atoms with Gasteiger partial charge < -0.3 is 14.3 Å². The van der Waals surface area contributed by atoms with E-state index in [1.54, 1.807) is 0 Å². The molecule has 0 spiro atoms. The predicted octanol–water partition coefficient (Wildman–Crippen LogP) is 6.88. The number of rotatable bonds is 11. The second kappa shape index (κ2) is 14.4. The summed E-state index contributed by atoms with van der Waals surface area (Å²) in [7, 11) is -2.75. The minimum atomic E-state index is -2.75. The van der Waals surface area contributed by atoms with Crippen LogP contribution in [0.25, 0.3) is 0 Å². The van der Waals surface area contributed by atoms with Crippen molar-refractivity contribution in [2.45, 2.75) is 96.0 Å². The molecule has 4 rings (SSSR count). The highest BCUT2D eigenvalue weighted by Crippen LogP contribution is 2.47. The summed E-state index contributed by atoms with van der Waals surface area (Å²) in [5, 5.41) is 13.6. The summed E-state index contributed by atoms with van der Waals surface area (Å²) in [4.78, 5) is 12.3. The van der Waals surface area contributed by atoms with Crippen LogP contribution in [0.4, 0.5) is 0 Å². The van der Waals surface area contributed by atoms with Gasteiger partial charge in [0.15, 0.2) is 0 Å².